The van der Waals surface area contributed by atoms with E-state index in [1.807, 2.05) is 6.07 Å². The summed E-state index contributed by atoms with van der Waals surface area (Å²) < 4.78 is 50.9. The Bertz CT molecular complexity index is 1410. The number of rotatable bonds is 2. The van der Waals surface area contributed by atoms with Crippen LogP contribution in [0.4, 0.5) is 13.2 Å². The summed E-state index contributed by atoms with van der Waals surface area (Å²) in [6.45, 7) is 2.30. The van der Waals surface area contributed by atoms with Gasteiger partial charge in [0.1, 0.15) is 17.6 Å². The van der Waals surface area contributed by atoms with Crippen molar-refractivity contribution in [2.45, 2.75) is 62.4 Å². The van der Waals surface area contributed by atoms with Crippen LogP contribution in [0.5, 0.6) is 11.5 Å². The van der Waals surface area contributed by atoms with Crippen LogP contribution in [0.15, 0.2) is 36.4 Å². The second kappa shape index (κ2) is 9.02. The van der Waals surface area contributed by atoms with E-state index >= 15 is 0 Å². The van der Waals surface area contributed by atoms with Crippen molar-refractivity contribution in [3.05, 3.63) is 58.7 Å². The monoisotopic (exact) mass is 538 g/mol. The van der Waals surface area contributed by atoms with Crippen molar-refractivity contribution in [2.75, 3.05) is 20.6 Å². The molecule has 2 bridgehead atoms. The molecule has 2 aromatic rings. The molecule has 0 unspecified atom stereocenters. The van der Waals surface area contributed by atoms with Crippen LogP contribution in [-0.4, -0.2) is 60.5 Å². The Morgan fingerprint density at radius 1 is 1.15 bits per heavy atom. The summed E-state index contributed by atoms with van der Waals surface area (Å²) in [5.41, 5.74) is 1.43. The smallest absolute Gasteiger partial charge is 0.416 e. The molecule has 2 aliphatic heterocycles. The minimum atomic E-state index is -4.43. The second-order valence-corrected chi connectivity index (χ2v) is 11.1. The van der Waals surface area contributed by atoms with Gasteiger partial charge in [-0.2, -0.15) is 13.2 Å². The number of piperidine rings is 1. The first-order chi connectivity index (χ1) is 18.5. The van der Waals surface area contributed by atoms with E-state index in [1.54, 1.807) is 18.0 Å². The highest BCUT2D eigenvalue weighted by Crippen LogP contribution is 2.63. The summed E-state index contributed by atoms with van der Waals surface area (Å²) in [5, 5.41) is 0. The number of halogens is 3. The molecule has 0 N–H and O–H groups in total. The van der Waals surface area contributed by atoms with Crippen molar-refractivity contribution in [1.82, 2.24) is 9.80 Å². The van der Waals surface area contributed by atoms with Gasteiger partial charge in [-0.15, -0.1) is 0 Å². The number of hydrogen-bond acceptors (Lipinski definition) is 5. The lowest BCUT2D eigenvalue weighted by Crippen LogP contribution is -2.68. The predicted octanol–water partition coefficient (Wildman–Crippen LogP) is 4.18. The molecule has 2 aromatic carbocycles. The Balaban J connectivity index is 1.31. The zero-order valence-electron chi connectivity index (χ0n) is 22.0. The first-order valence-electron chi connectivity index (χ1n) is 13.2. The number of amides is 1. The normalized spacial score (nSPS) is 28.5. The van der Waals surface area contributed by atoms with E-state index < -0.39 is 17.6 Å². The summed E-state index contributed by atoms with van der Waals surface area (Å²) in [6, 6.07) is 8.20. The molecule has 1 spiro atoms. The van der Waals surface area contributed by atoms with Gasteiger partial charge in [-0.05, 0) is 81.6 Å². The molecule has 204 valence electrons. The van der Waals surface area contributed by atoms with Crippen molar-refractivity contribution in [2.24, 2.45) is 5.92 Å². The molecular formula is C30H29F3N2O4. The van der Waals surface area contributed by atoms with E-state index in [0.29, 0.717) is 17.2 Å². The Morgan fingerprint density at radius 2 is 1.90 bits per heavy atom. The molecule has 6 nitrogen and oxygen atoms in total. The highest BCUT2D eigenvalue weighted by atomic mass is 19.4. The highest BCUT2D eigenvalue weighted by molar-refractivity contribution is 5.94. The van der Waals surface area contributed by atoms with E-state index in [9.17, 15) is 22.8 Å². The maximum absolute atomic E-state index is 13.2. The Morgan fingerprint density at radius 3 is 2.59 bits per heavy atom. The van der Waals surface area contributed by atoms with Crippen LogP contribution in [0, 0.1) is 17.8 Å². The minimum Gasteiger partial charge on any atom is -0.487 e. The van der Waals surface area contributed by atoms with Crippen LogP contribution in [0.1, 0.15) is 48.4 Å². The summed E-state index contributed by atoms with van der Waals surface area (Å²) in [7, 11) is 3.86. The summed E-state index contributed by atoms with van der Waals surface area (Å²) in [5.74, 6) is 6.29. The maximum Gasteiger partial charge on any atom is 0.416 e. The molecule has 2 fully saturated rings. The van der Waals surface area contributed by atoms with Gasteiger partial charge >= 0.3 is 12.1 Å². The number of hydrogen-bond donors (Lipinski definition) is 0. The third-order valence-electron chi connectivity index (χ3n) is 9.16. The number of likely N-dealkylation sites (N-methyl/N-ethyl adjacent to an activating group) is 2. The van der Waals surface area contributed by atoms with E-state index in [-0.39, 0.29) is 29.6 Å². The van der Waals surface area contributed by atoms with Gasteiger partial charge in [-0.3, -0.25) is 9.59 Å². The van der Waals surface area contributed by atoms with Gasteiger partial charge in [0.05, 0.1) is 11.6 Å². The van der Waals surface area contributed by atoms with Gasteiger partial charge in [0, 0.05) is 48.0 Å². The van der Waals surface area contributed by atoms with E-state index in [1.165, 1.54) is 19.1 Å². The van der Waals surface area contributed by atoms with Crippen LogP contribution in [0.2, 0.25) is 0 Å². The van der Waals surface area contributed by atoms with Gasteiger partial charge < -0.3 is 19.3 Å². The Hall–Kier alpha value is -3.51. The topological polar surface area (TPSA) is 59.1 Å². The van der Waals surface area contributed by atoms with E-state index in [4.69, 9.17) is 9.47 Å². The molecule has 1 saturated carbocycles. The highest BCUT2D eigenvalue weighted by Gasteiger charge is 2.66. The van der Waals surface area contributed by atoms with Gasteiger partial charge in [-0.1, -0.05) is 5.92 Å². The number of alkyl halides is 3. The largest absolute Gasteiger partial charge is 0.487 e. The van der Waals surface area contributed by atoms with E-state index in [0.717, 1.165) is 61.2 Å². The zero-order chi connectivity index (χ0) is 27.7. The Labute approximate surface area is 225 Å². The number of carbonyl (C=O) groups is 2. The lowest BCUT2D eigenvalue weighted by molar-refractivity contribution is -0.137. The predicted molar refractivity (Wildman–Crippen MR) is 136 cm³/mol. The van der Waals surface area contributed by atoms with Crippen LogP contribution in [-0.2, 0) is 27.6 Å². The molecule has 2 heterocycles. The standard InChI is InChI=1S/C30H29F3N2O4/c1-17(36)38-24-11-12-25-27-20(24)16-23-21-9-10-22(28(39-25)29(21,27)14-15-34(23)2)35(3)26(37)13-6-18-4-7-19(8-5-18)30(31,32)33/h4-5,7-8,11-12,21-23,28H,9-10,14-16H2,1-3H3/t21-,22+,23+,28-,29-/m0/s1. The summed E-state index contributed by atoms with van der Waals surface area (Å²) >= 11 is 0. The molecule has 0 aromatic heterocycles. The van der Waals surface area contributed by atoms with Crippen molar-refractivity contribution in [3.8, 4) is 23.3 Å². The summed E-state index contributed by atoms with van der Waals surface area (Å²) in [6.07, 6.45) is -1.37. The van der Waals surface area contributed by atoms with Crippen molar-refractivity contribution in [1.29, 1.82) is 0 Å². The van der Waals surface area contributed by atoms with Gasteiger partial charge in [0.2, 0.25) is 0 Å². The summed E-state index contributed by atoms with van der Waals surface area (Å²) in [4.78, 5) is 29.1. The average Bonchev–Trinajstić information content (AvgIpc) is 3.23. The molecule has 1 amide bonds. The van der Waals surface area contributed by atoms with Gasteiger partial charge in [0.15, 0.2) is 0 Å². The number of nitrogens with zero attached hydrogens (tertiary/aromatic N) is 2. The van der Waals surface area contributed by atoms with Crippen molar-refractivity contribution in [3.63, 3.8) is 0 Å². The molecule has 9 heteroatoms. The van der Waals surface area contributed by atoms with Crippen molar-refractivity contribution >= 4 is 11.9 Å². The number of ether oxygens (including phenoxy) is 2. The first kappa shape index (κ1) is 25.8. The van der Waals surface area contributed by atoms with Crippen LogP contribution < -0.4 is 9.47 Å². The maximum atomic E-state index is 13.2. The molecule has 4 aliphatic rings. The third kappa shape index (κ3) is 3.99. The van der Waals surface area contributed by atoms with Crippen LogP contribution >= 0.6 is 0 Å². The molecule has 0 radical (unpaired) electrons. The quantitative estimate of drug-likeness (QED) is 0.326. The Kier molecular flexibility index (Phi) is 5.96. The van der Waals surface area contributed by atoms with Gasteiger partial charge in [0.25, 0.3) is 5.91 Å². The third-order valence-corrected chi connectivity index (χ3v) is 9.16. The second-order valence-electron chi connectivity index (χ2n) is 11.1. The molecular weight excluding hydrogens is 509 g/mol. The lowest BCUT2D eigenvalue weighted by atomic mass is 9.51. The number of benzene rings is 2. The molecule has 6 rings (SSSR count). The lowest BCUT2D eigenvalue weighted by Gasteiger charge is -2.59. The van der Waals surface area contributed by atoms with Crippen molar-refractivity contribution < 1.29 is 32.2 Å². The zero-order valence-corrected chi connectivity index (χ0v) is 22.0. The number of likely N-dealkylation sites (tertiary alicyclic amines) is 1. The first-order valence-corrected chi connectivity index (χ1v) is 13.2. The number of carbonyl (C=O) groups excluding carboxylic acids is 2. The SMILES string of the molecule is CC(=O)Oc1ccc2c3c1C[C@@H]1[C@@H]4CC[C@@H](N(C)C(=O)C#Cc5ccc(C(F)(F)F)cc5)[C@H](O2)[C@]34CCN1C. The van der Waals surface area contributed by atoms with Crippen LogP contribution in [0.25, 0.3) is 0 Å². The molecule has 2 aliphatic carbocycles. The molecule has 5 atom stereocenters. The fraction of sp³-hybridized carbons (Fsp3) is 0.467. The van der Waals surface area contributed by atoms with Crippen LogP contribution in [0.3, 0.4) is 0 Å². The minimum absolute atomic E-state index is 0.227. The van der Waals surface area contributed by atoms with E-state index in [2.05, 4.69) is 23.8 Å². The molecule has 39 heavy (non-hydrogen) atoms. The number of esters is 1. The average molecular weight is 539 g/mol. The van der Waals surface area contributed by atoms with Gasteiger partial charge in [-0.25, -0.2) is 0 Å². The fourth-order valence-corrected chi connectivity index (χ4v) is 7.46. The fourth-order valence-electron chi connectivity index (χ4n) is 7.46. The molecule has 1 saturated heterocycles.